The summed E-state index contributed by atoms with van der Waals surface area (Å²) in [6.45, 7) is 4.03. The SMILES string of the molecule is CCNC(=O)CCCOc1ccc2c(c1)CN1CC(=O)NC1=N2. The van der Waals surface area contributed by atoms with Crippen LogP contribution in [0, 0.1) is 0 Å². The molecule has 0 bridgehead atoms. The van der Waals surface area contributed by atoms with E-state index in [0.717, 1.165) is 17.0 Å². The standard InChI is InChI=1S/C16H20N4O3/c1-2-17-14(21)4-3-7-23-12-5-6-13-11(8-12)9-20-10-15(22)19-16(20)18-13/h5-6,8H,2-4,7,9-10H2,1H3,(H,17,21)(H,18,19,22). The Kier molecular flexibility index (Phi) is 4.45. The average Bonchev–Trinajstić information content (AvgIpc) is 2.88. The highest BCUT2D eigenvalue weighted by molar-refractivity contribution is 6.05. The lowest BCUT2D eigenvalue weighted by Crippen LogP contribution is -2.31. The molecular weight excluding hydrogens is 296 g/mol. The van der Waals surface area contributed by atoms with Gasteiger partial charge in [-0.05, 0) is 31.5 Å². The van der Waals surface area contributed by atoms with Gasteiger partial charge in [0, 0.05) is 25.1 Å². The second-order valence-corrected chi connectivity index (χ2v) is 5.54. The molecular formula is C16H20N4O3. The zero-order valence-electron chi connectivity index (χ0n) is 13.1. The molecule has 2 amide bonds. The van der Waals surface area contributed by atoms with E-state index >= 15 is 0 Å². The maximum Gasteiger partial charge on any atom is 0.246 e. The second kappa shape index (κ2) is 6.68. The van der Waals surface area contributed by atoms with Crippen molar-refractivity contribution in [1.29, 1.82) is 0 Å². The molecule has 1 saturated heterocycles. The van der Waals surface area contributed by atoms with Crippen molar-refractivity contribution in [2.45, 2.75) is 26.3 Å². The number of nitrogens with one attached hydrogen (secondary N) is 2. The molecule has 3 rings (SSSR count). The van der Waals surface area contributed by atoms with Crippen LogP contribution in [0.1, 0.15) is 25.3 Å². The van der Waals surface area contributed by atoms with Crippen molar-refractivity contribution in [3.8, 4) is 5.75 Å². The van der Waals surface area contributed by atoms with E-state index in [0.29, 0.717) is 45.0 Å². The molecule has 0 unspecified atom stereocenters. The van der Waals surface area contributed by atoms with Crippen LogP contribution < -0.4 is 15.4 Å². The number of guanidine groups is 1. The number of aliphatic imine (C=N–C) groups is 1. The van der Waals surface area contributed by atoms with Crippen LogP contribution in [0.3, 0.4) is 0 Å². The lowest BCUT2D eigenvalue weighted by atomic mass is 10.1. The first-order valence-corrected chi connectivity index (χ1v) is 7.81. The van der Waals surface area contributed by atoms with Crippen molar-refractivity contribution in [3.63, 3.8) is 0 Å². The highest BCUT2D eigenvalue weighted by Gasteiger charge is 2.29. The molecule has 1 aromatic rings. The normalized spacial score (nSPS) is 15.4. The van der Waals surface area contributed by atoms with Crippen molar-refractivity contribution >= 4 is 23.5 Å². The van der Waals surface area contributed by atoms with Crippen LogP contribution in [0.25, 0.3) is 0 Å². The molecule has 2 aliphatic rings. The van der Waals surface area contributed by atoms with Crippen LogP contribution in [-0.4, -0.2) is 42.4 Å². The van der Waals surface area contributed by atoms with Gasteiger partial charge in [0.1, 0.15) is 12.3 Å². The molecule has 1 fully saturated rings. The number of benzene rings is 1. The summed E-state index contributed by atoms with van der Waals surface area (Å²) in [6.07, 6.45) is 1.14. The number of amides is 2. The van der Waals surface area contributed by atoms with E-state index in [2.05, 4.69) is 15.6 Å². The first-order chi connectivity index (χ1) is 11.2. The molecule has 2 N–H and O–H groups in total. The summed E-state index contributed by atoms with van der Waals surface area (Å²) in [7, 11) is 0. The Balaban J connectivity index is 1.55. The van der Waals surface area contributed by atoms with Crippen LogP contribution in [-0.2, 0) is 16.1 Å². The Morgan fingerprint density at radius 2 is 2.30 bits per heavy atom. The maximum atomic E-state index is 11.4. The lowest BCUT2D eigenvalue weighted by Gasteiger charge is -2.23. The third kappa shape index (κ3) is 3.61. The van der Waals surface area contributed by atoms with Gasteiger partial charge in [0.05, 0.1) is 12.3 Å². The fourth-order valence-corrected chi connectivity index (χ4v) is 2.64. The van der Waals surface area contributed by atoms with Gasteiger partial charge >= 0.3 is 0 Å². The van der Waals surface area contributed by atoms with Crippen molar-refractivity contribution in [1.82, 2.24) is 15.5 Å². The Hall–Kier alpha value is -2.57. The Morgan fingerprint density at radius 1 is 1.43 bits per heavy atom. The van der Waals surface area contributed by atoms with Crippen molar-refractivity contribution in [2.24, 2.45) is 4.99 Å². The predicted molar refractivity (Wildman–Crippen MR) is 85.5 cm³/mol. The summed E-state index contributed by atoms with van der Waals surface area (Å²) in [5.74, 6) is 1.41. The average molecular weight is 316 g/mol. The summed E-state index contributed by atoms with van der Waals surface area (Å²) in [5.41, 5.74) is 1.89. The van der Waals surface area contributed by atoms with Gasteiger partial charge in [0.15, 0.2) is 0 Å². The third-order valence-corrected chi connectivity index (χ3v) is 3.71. The quantitative estimate of drug-likeness (QED) is 0.764. The number of rotatable bonds is 6. The summed E-state index contributed by atoms with van der Waals surface area (Å²) in [4.78, 5) is 29.1. The van der Waals surface area contributed by atoms with Crippen molar-refractivity contribution in [3.05, 3.63) is 23.8 Å². The first kappa shape index (κ1) is 15.3. The van der Waals surface area contributed by atoms with E-state index in [9.17, 15) is 9.59 Å². The van der Waals surface area contributed by atoms with E-state index in [1.807, 2.05) is 30.0 Å². The first-order valence-electron chi connectivity index (χ1n) is 7.81. The monoisotopic (exact) mass is 316 g/mol. The minimum absolute atomic E-state index is 0.0293. The van der Waals surface area contributed by atoms with Gasteiger partial charge in [-0.25, -0.2) is 4.99 Å². The molecule has 1 aromatic carbocycles. The van der Waals surface area contributed by atoms with E-state index in [-0.39, 0.29) is 11.8 Å². The van der Waals surface area contributed by atoms with E-state index in [4.69, 9.17) is 4.74 Å². The van der Waals surface area contributed by atoms with Gasteiger partial charge in [-0.3, -0.25) is 14.9 Å². The zero-order valence-corrected chi connectivity index (χ0v) is 13.1. The number of carbonyl (C=O) groups excluding carboxylic acids is 2. The minimum atomic E-state index is -0.0293. The second-order valence-electron chi connectivity index (χ2n) is 5.54. The topological polar surface area (TPSA) is 83.0 Å². The van der Waals surface area contributed by atoms with Crippen LogP contribution in [0.15, 0.2) is 23.2 Å². The molecule has 2 heterocycles. The van der Waals surface area contributed by atoms with E-state index in [1.54, 1.807) is 0 Å². The van der Waals surface area contributed by atoms with Gasteiger partial charge in [-0.1, -0.05) is 0 Å². The van der Waals surface area contributed by atoms with Gasteiger partial charge in [-0.2, -0.15) is 0 Å². The van der Waals surface area contributed by atoms with Crippen molar-refractivity contribution in [2.75, 3.05) is 19.7 Å². The number of ether oxygens (including phenoxy) is 1. The number of nitrogens with zero attached hydrogens (tertiary/aromatic N) is 2. The Labute approximate surface area is 134 Å². The summed E-state index contributed by atoms with van der Waals surface area (Å²) < 4.78 is 5.70. The molecule has 0 radical (unpaired) electrons. The largest absolute Gasteiger partial charge is 0.494 e. The molecule has 7 heteroatoms. The Morgan fingerprint density at radius 3 is 3.13 bits per heavy atom. The third-order valence-electron chi connectivity index (χ3n) is 3.71. The van der Waals surface area contributed by atoms with Crippen LogP contribution in [0.5, 0.6) is 5.75 Å². The number of hydrogen-bond donors (Lipinski definition) is 2. The lowest BCUT2D eigenvalue weighted by molar-refractivity contribution is -0.121. The van der Waals surface area contributed by atoms with Crippen LogP contribution in [0.4, 0.5) is 5.69 Å². The number of carbonyl (C=O) groups is 2. The fraction of sp³-hybridized carbons (Fsp3) is 0.438. The molecule has 0 atom stereocenters. The molecule has 23 heavy (non-hydrogen) atoms. The number of fused-ring (bicyclic) bond motifs is 2. The van der Waals surface area contributed by atoms with Crippen molar-refractivity contribution < 1.29 is 14.3 Å². The molecule has 122 valence electrons. The fourth-order valence-electron chi connectivity index (χ4n) is 2.64. The molecule has 0 aliphatic carbocycles. The van der Waals surface area contributed by atoms with Gasteiger partial charge in [-0.15, -0.1) is 0 Å². The highest BCUT2D eigenvalue weighted by atomic mass is 16.5. The van der Waals surface area contributed by atoms with Crippen LogP contribution in [0.2, 0.25) is 0 Å². The summed E-state index contributed by atoms with van der Waals surface area (Å²) in [6, 6.07) is 5.70. The number of hydrogen-bond acceptors (Lipinski definition) is 5. The minimum Gasteiger partial charge on any atom is -0.494 e. The summed E-state index contributed by atoms with van der Waals surface area (Å²) >= 11 is 0. The molecule has 7 nitrogen and oxygen atoms in total. The highest BCUT2D eigenvalue weighted by Crippen LogP contribution is 2.30. The predicted octanol–water partition coefficient (Wildman–Crippen LogP) is 0.915. The molecule has 0 saturated carbocycles. The van der Waals surface area contributed by atoms with Gasteiger partial charge in [0.25, 0.3) is 0 Å². The van der Waals surface area contributed by atoms with Crippen LogP contribution >= 0.6 is 0 Å². The summed E-state index contributed by atoms with van der Waals surface area (Å²) in [5, 5.41) is 5.50. The zero-order chi connectivity index (χ0) is 16.2. The molecule has 2 aliphatic heterocycles. The maximum absolute atomic E-state index is 11.4. The van der Waals surface area contributed by atoms with Gasteiger partial charge < -0.3 is 15.0 Å². The van der Waals surface area contributed by atoms with E-state index < -0.39 is 0 Å². The Bertz CT molecular complexity index is 657. The molecule has 0 aromatic heterocycles. The smallest absolute Gasteiger partial charge is 0.246 e. The van der Waals surface area contributed by atoms with E-state index in [1.165, 1.54) is 0 Å². The molecule has 0 spiro atoms. The van der Waals surface area contributed by atoms with Gasteiger partial charge in [0.2, 0.25) is 17.8 Å².